The summed E-state index contributed by atoms with van der Waals surface area (Å²) >= 11 is 0. The van der Waals surface area contributed by atoms with Crippen LogP contribution in [-0.4, -0.2) is 39.6 Å². The van der Waals surface area contributed by atoms with Crippen molar-refractivity contribution in [1.29, 1.82) is 0 Å². The van der Waals surface area contributed by atoms with Gasteiger partial charge in [0.25, 0.3) is 5.91 Å². The summed E-state index contributed by atoms with van der Waals surface area (Å²) in [5, 5.41) is 11.8. The van der Waals surface area contributed by atoms with Gasteiger partial charge in [0.1, 0.15) is 0 Å². The fourth-order valence-corrected chi connectivity index (χ4v) is 3.48. The predicted octanol–water partition coefficient (Wildman–Crippen LogP) is 3.20. The van der Waals surface area contributed by atoms with Gasteiger partial charge < -0.3 is 10.2 Å². The van der Waals surface area contributed by atoms with E-state index in [0.29, 0.717) is 17.6 Å². The Balaban J connectivity index is 1.50. The number of carbonyl (C=O) groups is 1. The standard InChI is InChI=1S/C21H23N5O/c1-13-3-4-15(20(27)22-16-5-6-16)11-18(13)14-9-10-26-19(12-14)23-24-21(26)25(2)17-7-8-17/h3-4,9-12,16-17H,5-8H2,1-2H3,(H,22,27). The van der Waals surface area contributed by atoms with E-state index in [1.54, 1.807) is 0 Å². The number of hydrogen-bond donors (Lipinski definition) is 1. The zero-order valence-corrected chi connectivity index (χ0v) is 15.6. The molecule has 0 atom stereocenters. The minimum atomic E-state index is 0.00986. The average Bonchev–Trinajstić information content (AvgIpc) is 3.59. The molecule has 0 unspecified atom stereocenters. The molecule has 27 heavy (non-hydrogen) atoms. The maximum atomic E-state index is 12.4. The highest BCUT2D eigenvalue weighted by Gasteiger charge is 2.29. The highest BCUT2D eigenvalue weighted by Crippen LogP contribution is 2.31. The molecule has 2 fully saturated rings. The number of pyridine rings is 1. The van der Waals surface area contributed by atoms with Crippen LogP contribution in [0.4, 0.5) is 5.95 Å². The monoisotopic (exact) mass is 361 g/mol. The van der Waals surface area contributed by atoms with Crippen molar-refractivity contribution >= 4 is 17.5 Å². The number of anilines is 1. The van der Waals surface area contributed by atoms with E-state index in [1.807, 2.05) is 34.9 Å². The lowest BCUT2D eigenvalue weighted by Crippen LogP contribution is -2.25. The molecule has 1 amide bonds. The molecule has 0 bridgehead atoms. The van der Waals surface area contributed by atoms with Crippen LogP contribution in [0.1, 0.15) is 41.6 Å². The van der Waals surface area contributed by atoms with Crippen molar-refractivity contribution < 1.29 is 4.79 Å². The molecule has 2 heterocycles. The second kappa shape index (κ2) is 6.08. The quantitative estimate of drug-likeness (QED) is 0.758. The third-order valence-electron chi connectivity index (χ3n) is 5.53. The Kier molecular flexibility index (Phi) is 3.67. The molecule has 0 saturated heterocycles. The smallest absolute Gasteiger partial charge is 0.251 e. The van der Waals surface area contributed by atoms with Crippen molar-refractivity contribution in [3.63, 3.8) is 0 Å². The van der Waals surface area contributed by atoms with Crippen LogP contribution in [0.3, 0.4) is 0 Å². The first-order valence-electron chi connectivity index (χ1n) is 9.59. The van der Waals surface area contributed by atoms with Crippen molar-refractivity contribution in [3.8, 4) is 11.1 Å². The van der Waals surface area contributed by atoms with Gasteiger partial charge in [-0.15, -0.1) is 10.2 Å². The zero-order chi connectivity index (χ0) is 18.5. The molecule has 1 aromatic carbocycles. The molecule has 0 radical (unpaired) electrons. The third kappa shape index (κ3) is 3.05. The normalized spacial score (nSPS) is 16.5. The average molecular weight is 361 g/mol. The molecule has 3 aromatic rings. The molecule has 2 saturated carbocycles. The van der Waals surface area contributed by atoms with Gasteiger partial charge in [-0.05, 0) is 73.6 Å². The van der Waals surface area contributed by atoms with Crippen LogP contribution in [0.2, 0.25) is 0 Å². The molecule has 5 rings (SSSR count). The summed E-state index contributed by atoms with van der Waals surface area (Å²) in [7, 11) is 2.08. The molecular formula is C21H23N5O. The fraction of sp³-hybridized carbons (Fsp3) is 0.381. The number of aryl methyl sites for hydroxylation is 1. The van der Waals surface area contributed by atoms with Crippen LogP contribution >= 0.6 is 0 Å². The summed E-state index contributed by atoms with van der Waals surface area (Å²) in [6.45, 7) is 2.07. The highest BCUT2D eigenvalue weighted by molar-refractivity contribution is 5.96. The number of aromatic nitrogens is 3. The predicted molar refractivity (Wildman–Crippen MR) is 105 cm³/mol. The van der Waals surface area contributed by atoms with Gasteiger partial charge in [0, 0.05) is 30.9 Å². The second-order valence-electron chi connectivity index (χ2n) is 7.76. The SMILES string of the molecule is Cc1ccc(C(=O)NC2CC2)cc1-c1ccn2c(N(C)C3CC3)nnc2c1. The molecule has 0 aliphatic heterocycles. The topological polar surface area (TPSA) is 62.5 Å². The van der Waals surface area contributed by atoms with E-state index in [0.717, 1.165) is 41.1 Å². The molecule has 6 heteroatoms. The van der Waals surface area contributed by atoms with E-state index < -0.39 is 0 Å². The first kappa shape index (κ1) is 16.3. The van der Waals surface area contributed by atoms with Crippen LogP contribution < -0.4 is 10.2 Å². The van der Waals surface area contributed by atoms with Gasteiger partial charge in [0.15, 0.2) is 5.65 Å². The Bertz CT molecular complexity index is 1030. The lowest BCUT2D eigenvalue weighted by molar-refractivity contribution is 0.0951. The number of rotatable bonds is 5. The Labute approximate surface area is 158 Å². The van der Waals surface area contributed by atoms with Crippen molar-refractivity contribution in [1.82, 2.24) is 19.9 Å². The Hall–Kier alpha value is -2.89. The fourth-order valence-electron chi connectivity index (χ4n) is 3.48. The number of carbonyl (C=O) groups excluding carboxylic acids is 1. The van der Waals surface area contributed by atoms with Crippen LogP contribution in [0.25, 0.3) is 16.8 Å². The van der Waals surface area contributed by atoms with E-state index >= 15 is 0 Å². The van der Waals surface area contributed by atoms with Gasteiger partial charge in [-0.1, -0.05) is 6.07 Å². The van der Waals surface area contributed by atoms with Crippen LogP contribution in [-0.2, 0) is 0 Å². The van der Waals surface area contributed by atoms with Crippen molar-refractivity contribution in [3.05, 3.63) is 47.7 Å². The number of nitrogens with zero attached hydrogens (tertiary/aromatic N) is 4. The lowest BCUT2D eigenvalue weighted by atomic mass is 9.98. The summed E-state index contributed by atoms with van der Waals surface area (Å²) in [5.74, 6) is 0.893. The Morgan fingerprint density at radius 3 is 2.70 bits per heavy atom. The van der Waals surface area contributed by atoms with E-state index in [2.05, 4.69) is 40.5 Å². The zero-order valence-electron chi connectivity index (χ0n) is 15.6. The first-order valence-corrected chi connectivity index (χ1v) is 9.59. The van der Waals surface area contributed by atoms with Gasteiger partial charge in [0.2, 0.25) is 5.95 Å². The summed E-state index contributed by atoms with van der Waals surface area (Å²) in [6.07, 6.45) is 6.64. The first-order chi connectivity index (χ1) is 13.1. The summed E-state index contributed by atoms with van der Waals surface area (Å²) in [4.78, 5) is 14.6. The highest BCUT2D eigenvalue weighted by atomic mass is 16.1. The minimum absolute atomic E-state index is 0.00986. The van der Waals surface area contributed by atoms with Crippen molar-refractivity contribution in [2.45, 2.75) is 44.7 Å². The summed E-state index contributed by atoms with van der Waals surface area (Å²) in [5.41, 5.74) is 4.77. The summed E-state index contributed by atoms with van der Waals surface area (Å²) < 4.78 is 2.03. The lowest BCUT2D eigenvalue weighted by Gasteiger charge is -2.15. The maximum absolute atomic E-state index is 12.4. The molecule has 6 nitrogen and oxygen atoms in total. The molecule has 2 aliphatic rings. The largest absolute Gasteiger partial charge is 0.349 e. The molecule has 1 N–H and O–H groups in total. The van der Waals surface area contributed by atoms with Gasteiger partial charge in [-0.2, -0.15) is 0 Å². The van der Waals surface area contributed by atoms with Crippen molar-refractivity contribution in [2.75, 3.05) is 11.9 Å². The molecule has 2 aliphatic carbocycles. The van der Waals surface area contributed by atoms with Crippen LogP contribution in [0.5, 0.6) is 0 Å². The number of nitrogens with one attached hydrogen (secondary N) is 1. The van der Waals surface area contributed by atoms with E-state index in [9.17, 15) is 4.79 Å². The van der Waals surface area contributed by atoms with Gasteiger partial charge >= 0.3 is 0 Å². The Morgan fingerprint density at radius 2 is 1.96 bits per heavy atom. The van der Waals surface area contributed by atoms with Gasteiger partial charge in [0.05, 0.1) is 0 Å². The molecule has 2 aromatic heterocycles. The minimum Gasteiger partial charge on any atom is -0.349 e. The number of amides is 1. The van der Waals surface area contributed by atoms with Crippen molar-refractivity contribution in [2.24, 2.45) is 0 Å². The second-order valence-corrected chi connectivity index (χ2v) is 7.76. The van der Waals surface area contributed by atoms with E-state index in [1.165, 1.54) is 12.8 Å². The number of hydrogen-bond acceptors (Lipinski definition) is 4. The Morgan fingerprint density at radius 1 is 1.15 bits per heavy atom. The summed E-state index contributed by atoms with van der Waals surface area (Å²) in [6, 6.07) is 10.9. The van der Waals surface area contributed by atoms with Crippen LogP contribution in [0.15, 0.2) is 36.5 Å². The maximum Gasteiger partial charge on any atom is 0.251 e. The molecule has 0 spiro atoms. The van der Waals surface area contributed by atoms with E-state index in [4.69, 9.17) is 0 Å². The van der Waals surface area contributed by atoms with Crippen LogP contribution in [0, 0.1) is 6.92 Å². The van der Waals surface area contributed by atoms with Gasteiger partial charge in [-0.3, -0.25) is 9.20 Å². The third-order valence-corrected chi connectivity index (χ3v) is 5.53. The van der Waals surface area contributed by atoms with Gasteiger partial charge in [-0.25, -0.2) is 0 Å². The van der Waals surface area contributed by atoms with E-state index in [-0.39, 0.29) is 5.91 Å². The molecular weight excluding hydrogens is 338 g/mol. The number of fused-ring (bicyclic) bond motifs is 1. The number of benzene rings is 1. The molecule has 138 valence electrons.